The molecule has 1 aromatic carbocycles. The summed E-state index contributed by atoms with van der Waals surface area (Å²) in [4.78, 5) is 13.5. The van der Waals surface area contributed by atoms with Gasteiger partial charge in [0.2, 0.25) is 0 Å². The Bertz CT molecular complexity index is 666. The number of carbonyl (C=O) groups is 1. The molecule has 0 unspecified atom stereocenters. The van der Waals surface area contributed by atoms with Crippen LogP contribution in [0.1, 0.15) is 31.1 Å². The van der Waals surface area contributed by atoms with Crippen molar-refractivity contribution in [3.05, 3.63) is 27.7 Å². The second kappa shape index (κ2) is 6.32. The van der Waals surface area contributed by atoms with Crippen LogP contribution in [0.5, 0.6) is 0 Å². The molecule has 0 aromatic heterocycles. The topological polar surface area (TPSA) is 54.5 Å². The van der Waals surface area contributed by atoms with Crippen molar-refractivity contribution in [2.75, 3.05) is 13.6 Å². The van der Waals surface area contributed by atoms with E-state index < -0.39 is 9.05 Å². The summed E-state index contributed by atoms with van der Waals surface area (Å²) in [5, 5.41) is -0.229. The van der Waals surface area contributed by atoms with Crippen LogP contribution in [0.3, 0.4) is 0 Å². The van der Waals surface area contributed by atoms with Crippen LogP contribution in [0.4, 0.5) is 0 Å². The van der Waals surface area contributed by atoms with Crippen LogP contribution in [0.15, 0.2) is 17.0 Å². The van der Waals surface area contributed by atoms with Crippen molar-refractivity contribution in [1.29, 1.82) is 0 Å². The Labute approximate surface area is 139 Å². The number of amides is 1. The lowest BCUT2D eigenvalue weighted by molar-refractivity contribution is 0.0745. The average molecular weight is 373 g/mol. The number of carbonyl (C=O) groups excluding carboxylic acids is 1. The normalized spacial score (nSPS) is 12.3. The molecule has 0 aliphatic rings. The fourth-order valence-electron chi connectivity index (χ4n) is 1.87. The van der Waals surface area contributed by atoms with E-state index in [2.05, 4.69) is 0 Å². The molecule has 4 nitrogen and oxygen atoms in total. The first kappa shape index (κ1) is 18.6. The molecular formula is C13H16Cl3NO3S. The molecule has 0 bridgehead atoms. The molecule has 1 amide bonds. The van der Waals surface area contributed by atoms with Gasteiger partial charge in [-0.3, -0.25) is 4.79 Å². The Kier molecular flexibility index (Phi) is 5.59. The van der Waals surface area contributed by atoms with E-state index in [1.54, 1.807) is 7.05 Å². The standard InChI is InChI=1S/C13H16Cl3NO3S/c1-13(2,3)7-17(4)12(18)8-5-9(14)11(15)10(6-8)21(16,19)20/h5-6H,7H2,1-4H3. The van der Waals surface area contributed by atoms with Crippen LogP contribution in [0.2, 0.25) is 10.0 Å². The molecule has 21 heavy (non-hydrogen) atoms. The maximum absolute atomic E-state index is 12.4. The molecule has 0 fully saturated rings. The highest BCUT2D eigenvalue weighted by molar-refractivity contribution is 8.13. The fourth-order valence-corrected chi connectivity index (χ4v) is 3.63. The summed E-state index contributed by atoms with van der Waals surface area (Å²) in [7, 11) is 2.84. The summed E-state index contributed by atoms with van der Waals surface area (Å²) in [5.41, 5.74) is 0.0255. The van der Waals surface area contributed by atoms with Gasteiger partial charge in [0.15, 0.2) is 0 Å². The van der Waals surface area contributed by atoms with Gasteiger partial charge in [0.05, 0.1) is 10.0 Å². The average Bonchev–Trinajstić information content (AvgIpc) is 2.27. The van der Waals surface area contributed by atoms with Crippen molar-refractivity contribution < 1.29 is 13.2 Å². The molecule has 0 radical (unpaired) electrons. The largest absolute Gasteiger partial charge is 0.341 e. The first-order chi connectivity index (χ1) is 9.33. The molecule has 0 saturated carbocycles. The Morgan fingerprint density at radius 1 is 1.24 bits per heavy atom. The Morgan fingerprint density at radius 3 is 2.19 bits per heavy atom. The van der Waals surface area contributed by atoms with Gasteiger partial charge < -0.3 is 4.90 Å². The summed E-state index contributed by atoms with van der Waals surface area (Å²) in [6, 6.07) is 2.47. The SMILES string of the molecule is CN(CC(C)(C)C)C(=O)c1cc(Cl)c(Cl)c(S(=O)(=O)Cl)c1. The number of halogens is 3. The third-order valence-corrected chi connectivity index (χ3v) is 4.82. The van der Waals surface area contributed by atoms with Crippen molar-refractivity contribution in [2.24, 2.45) is 5.41 Å². The minimum Gasteiger partial charge on any atom is -0.341 e. The van der Waals surface area contributed by atoms with Gasteiger partial charge in [0, 0.05) is 29.8 Å². The monoisotopic (exact) mass is 371 g/mol. The van der Waals surface area contributed by atoms with Crippen molar-refractivity contribution in [1.82, 2.24) is 4.90 Å². The molecule has 118 valence electrons. The fraction of sp³-hybridized carbons (Fsp3) is 0.462. The lowest BCUT2D eigenvalue weighted by Gasteiger charge is -2.26. The molecule has 0 aliphatic heterocycles. The van der Waals surface area contributed by atoms with Crippen molar-refractivity contribution in [2.45, 2.75) is 25.7 Å². The van der Waals surface area contributed by atoms with Crippen molar-refractivity contribution in [3.63, 3.8) is 0 Å². The van der Waals surface area contributed by atoms with Gasteiger partial charge in [-0.25, -0.2) is 8.42 Å². The molecule has 1 aromatic rings. The number of rotatable bonds is 3. The van der Waals surface area contributed by atoms with E-state index >= 15 is 0 Å². The molecule has 0 heterocycles. The Morgan fingerprint density at radius 2 is 1.76 bits per heavy atom. The van der Waals surface area contributed by atoms with Crippen LogP contribution in [0, 0.1) is 5.41 Å². The zero-order valence-electron chi connectivity index (χ0n) is 12.1. The Hall–Kier alpha value is -0.490. The first-order valence-corrected chi connectivity index (χ1v) is 9.08. The highest BCUT2D eigenvalue weighted by Crippen LogP contribution is 2.33. The predicted molar refractivity (Wildman–Crippen MR) is 85.9 cm³/mol. The summed E-state index contributed by atoms with van der Waals surface area (Å²) in [5.74, 6) is -0.356. The van der Waals surface area contributed by atoms with E-state index in [9.17, 15) is 13.2 Å². The number of hydrogen-bond donors (Lipinski definition) is 0. The molecule has 0 aliphatic carbocycles. The van der Waals surface area contributed by atoms with Crippen molar-refractivity contribution in [3.8, 4) is 0 Å². The van der Waals surface area contributed by atoms with Crippen molar-refractivity contribution >= 4 is 48.8 Å². The van der Waals surface area contributed by atoms with Crippen LogP contribution in [0.25, 0.3) is 0 Å². The van der Waals surface area contributed by atoms with E-state index in [4.69, 9.17) is 33.9 Å². The van der Waals surface area contributed by atoms with Gasteiger partial charge in [-0.15, -0.1) is 0 Å². The summed E-state index contributed by atoms with van der Waals surface area (Å²) in [6.07, 6.45) is 0. The lowest BCUT2D eigenvalue weighted by Crippen LogP contribution is -2.34. The lowest BCUT2D eigenvalue weighted by atomic mass is 9.96. The zero-order chi connectivity index (χ0) is 16.6. The van der Waals surface area contributed by atoms with Gasteiger partial charge in [-0.05, 0) is 17.5 Å². The van der Waals surface area contributed by atoms with E-state index in [0.717, 1.165) is 6.07 Å². The summed E-state index contributed by atoms with van der Waals surface area (Å²) < 4.78 is 23.0. The number of hydrogen-bond acceptors (Lipinski definition) is 3. The van der Waals surface area contributed by atoms with Crippen LogP contribution < -0.4 is 0 Å². The third kappa shape index (κ3) is 5.02. The van der Waals surface area contributed by atoms with Gasteiger partial charge >= 0.3 is 0 Å². The maximum Gasteiger partial charge on any atom is 0.262 e. The van der Waals surface area contributed by atoms with E-state index in [1.165, 1.54) is 11.0 Å². The van der Waals surface area contributed by atoms with Gasteiger partial charge in [-0.2, -0.15) is 0 Å². The second-order valence-corrected chi connectivity index (χ2v) is 9.25. The second-order valence-electron chi connectivity index (χ2n) is 5.93. The first-order valence-electron chi connectivity index (χ1n) is 6.02. The molecule has 0 saturated heterocycles. The van der Waals surface area contributed by atoms with Gasteiger partial charge in [0.25, 0.3) is 15.0 Å². The molecule has 0 spiro atoms. The van der Waals surface area contributed by atoms with E-state index in [1.807, 2.05) is 20.8 Å². The Balaban J connectivity index is 3.27. The zero-order valence-corrected chi connectivity index (χ0v) is 15.2. The maximum atomic E-state index is 12.4. The minimum atomic E-state index is -4.09. The van der Waals surface area contributed by atoms with Gasteiger partial charge in [-0.1, -0.05) is 44.0 Å². The van der Waals surface area contributed by atoms with E-state index in [-0.39, 0.29) is 31.8 Å². The summed E-state index contributed by atoms with van der Waals surface area (Å²) >= 11 is 11.7. The summed E-state index contributed by atoms with van der Waals surface area (Å²) in [6.45, 7) is 6.45. The minimum absolute atomic E-state index is 0.0362. The number of benzene rings is 1. The van der Waals surface area contributed by atoms with Crippen LogP contribution >= 0.6 is 33.9 Å². The molecule has 0 atom stereocenters. The molecule has 1 rings (SSSR count). The number of nitrogens with zero attached hydrogens (tertiary/aromatic N) is 1. The highest BCUT2D eigenvalue weighted by atomic mass is 35.7. The molecular weight excluding hydrogens is 357 g/mol. The van der Waals surface area contributed by atoms with Crippen LogP contribution in [-0.2, 0) is 9.05 Å². The third-order valence-electron chi connectivity index (χ3n) is 2.56. The smallest absolute Gasteiger partial charge is 0.262 e. The molecule has 0 N–H and O–H groups in total. The van der Waals surface area contributed by atoms with Gasteiger partial charge in [0.1, 0.15) is 4.90 Å². The molecule has 8 heteroatoms. The van der Waals surface area contributed by atoms with Crippen LogP contribution in [-0.4, -0.2) is 32.8 Å². The predicted octanol–water partition coefficient (Wildman–Crippen LogP) is 4.04. The quantitative estimate of drug-likeness (QED) is 0.752. The highest BCUT2D eigenvalue weighted by Gasteiger charge is 2.24. The van der Waals surface area contributed by atoms with E-state index in [0.29, 0.717) is 6.54 Å².